The number of carbonyl (C=O) groups is 1. The molecule has 0 atom stereocenters. The molecule has 10 heteroatoms. The summed E-state index contributed by atoms with van der Waals surface area (Å²) in [5.41, 5.74) is 7.65. The van der Waals surface area contributed by atoms with E-state index in [0.29, 0.717) is 29.3 Å². The Balaban J connectivity index is 1.89. The predicted octanol–water partition coefficient (Wildman–Crippen LogP) is 2.83. The molecule has 1 amide bonds. The van der Waals surface area contributed by atoms with Crippen molar-refractivity contribution in [2.45, 2.75) is 44.6 Å². The van der Waals surface area contributed by atoms with Crippen molar-refractivity contribution in [1.82, 2.24) is 19.2 Å². The number of amides is 1. The first kappa shape index (κ1) is 20.2. The Morgan fingerprint density at radius 1 is 1.35 bits per heavy atom. The van der Waals surface area contributed by atoms with Crippen LogP contribution in [0.4, 0.5) is 0 Å². The summed E-state index contributed by atoms with van der Waals surface area (Å²) in [5, 5.41) is 9.80. The van der Waals surface area contributed by atoms with Crippen molar-refractivity contribution in [3.63, 3.8) is 0 Å². The van der Waals surface area contributed by atoms with E-state index in [1.54, 1.807) is 4.57 Å². The van der Waals surface area contributed by atoms with E-state index < -0.39 is 5.91 Å². The number of thioether (sulfide) groups is 1. The molecule has 0 spiro atoms. The summed E-state index contributed by atoms with van der Waals surface area (Å²) in [6.07, 6.45) is 0.642. The molecular weight excluding hydrogens is 434 g/mol. The Morgan fingerprint density at radius 3 is 2.90 bits per heavy atom. The topological polar surface area (TPSA) is 105 Å². The number of carbonyl (C=O) groups excluding carboxylic acids is 1. The van der Waals surface area contributed by atoms with E-state index in [2.05, 4.69) is 10.2 Å². The molecule has 4 aromatic rings. The Bertz CT molecular complexity index is 1420. The van der Waals surface area contributed by atoms with Gasteiger partial charge in [-0.2, -0.15) is 0 Å². The SMILES string of the molecule is Cc1cccc(-n2c(=O)c3c4c(sc3n3c(SCC(N)=O)nnc23)COC(C)(C)C4)c1. The first-order valence-electron chi connectivity index (χ1n) is 9.82. The molecule has 5 rings (SSSR count). The Morgan fingerprint density at radius 2 is 2.16 bits per heavy atom. The lowest BCUT2D eigenvalue weighted by molar-refractivity contribution is -0.115. The van der Waals surface area contributed by atoms with Gasteiger partial charge in [0.25, 0.3) is 5.56 Å². The first-order valence-corrected chi connectivity index (χ1v) is 11.6. The van der Waals surface area contributed by atoms with E-state index >= 15 is 0 Å². The van der Waals surface area contributed by atoms with E-state index in [9.17, 15) is 9.59 Å². The van der Waals surface area contributed by atoms with Crippen LogP contribution < -0.4 is 11.3 Å². The van der Waals surface area contributed by atoms with Crippen molar-refractivity contribution in [3.8, 4) is 5.69 Å². The van der Waals surface area contributed by atoms with Gasteiger partial charge in [0.15, 0.2) is 5.16 Å². The molecule has 1 aliphatic heterocycles. The van der Waals surface area contributed by atoms with Crippen molar-refractivity contribution in [2.75, 3.05) is 5.75 Å². The van der Waals surface area contributed by atoms with Gasteiger partial charge in [-0.05, 0) is 44.0 Å². The van der Waals surface area contributed by atoms with Crippen LogP contribution in [0, 0.1) is 6.92 Å². The van der Waals surface area contributed by atoms with Crippen LogP contribution in [0.15, 0.2) is 34.2 Å². The molecule has 0 bridgehead atoms. The number of thiophene rings is 1. The molecule has 2 N–H and O–H groups in total. The highest BCUT2D eigenvalue weighted by atomic mass is 32.2. The standard InChI is InChI=1S/C21H21N5O3S2/c1-11-5-4-6-12(7-11)25-17(28)16-13-8-21(2,3)29-9-14(13)31-18(16)26-19(25)23-24-20(26)30-10-15(22)27/h4-7H,8-10H2,1-3H3,(H2,22,27). The quantitative estimate of drug-likeness (QED) is 0.475. The van der Waals surface area contributed by atoms with E-state index in [1.807, 2.05) is 49.4 Å². The van der Waals surface area contributed by atoms with Gasteiger partial charge in [0, 0.05) is 11.3 Å². The Kier molecular flexibility index (Phi) is 4.68. The number of nitrogens with two attached hydrogens (primary N) is 1. The number of ether oxygens (including phenoxy) is 1. The second-order valence-electron chi connectivity index (χ2n) is 8.26. The number of aromatic nitrogens is 4. The van der Waals surface area contributed by atoms with Crippen LogP contribution in [-0.4, -0.2) is 36.4 Å². The number of fused-ring (bicyclic) bond motifs is 5. The number of hydrogen-bond donors (Lipinski definition) is 1. The van der Waals surface area contributed by atoms with Gasteiger partial charge in [0.1, 0.15) is 4.83 Å². The maximum Gasteiger partial charge on any atom is 0.268 e. The lowest BCUT2D eigenvalue weighted by Gasteiger charge is -2.29. The number of hydrogen-bond acceptors (Lipinski definition) is 7. The summed E-state index contributed by atoms with van der Waals surface area (Å²) < 4.78 is 9.46. The van der Waals surface area contributed by atoms with Crippen molar-refractivity contribution in [3.05, 3.63) is 50.6 Å². The molecule has 0 saturated carbocycles. The fourth-order valence-electron chi connectivity index (χ4n) is 3.93. The van der Waals surface area contributed by atoms with Gasteiger partial charge < -0.3 is 10.5 Å². The molecule has 4 heterocycles. The lowest BCUT2D eigenvalue weighted by atomic mass is 9.94. The molecule has 0 unspecified atom stereocenters. The van der Waals surface area contributed by atoms with Gasteiger partial charge in [-0.1, -0.05) is 23.9 Å². The van der Waals surface area contributed by atoms with E-state index in [4.69, 9.17) is 10.5 Å². The molecule has 3 aromatic heterocycles. The summed E-state index contributed by atoms with van der Waals surface area (Å²) >= 11 is 2.73. The fourth-order valence-corrected chi connectivity index (χ4v) is 5.88. The van der Waals surface area contributed by atoms with E-state index in [1.165, 1.54) is 23.1 Å². The highest BCUT2D eigenvalue weighted by Gasteiger charge is 2.32. The van der Waals surface area contributed by atoms with Gasteiger partial charge in [-0.3, -0.25) is 9.59 Å². The Hall–Kier alpha value is -2.69. The van der Waals surface area contributed by atoms with Gasteiger partial charge in [0.05, 0.1) is 29.0 Å². The minimum absolute atomic E-state index is 0.0765. The van der Waals surface area contributed by atoms with Crippen LogP contribution in [0.5, 0.6) is 0 Å². The van der Waals surface area contributed by atoms with Crippen LogP contribution in [0.2, 0.25) is 0 Å². The molecule has 0 fully saturated rings. The van der Waals surface area contributed by atoms with Crippen LogP contribution in [-0.2, 0) is 22.6 Å². The zero-order chi connectivity index (χ0) is 21.9. The number of aryl methyl sites for hydroxylation is 1. The van der Waals surface area contributed by atoms with Crippen LogP contribution in [0.1, 0.15) is 29.9 Å². The molecular formula is C21H21N5O3S2. The van der Waals surface area contributed by atoms with E-state index in [0.717, 1.165) is 26.5 Å². The smallest absolute Gasteiger partial charge is 0.268 e. The second kappa shape index (κ2) is 7.18. The van der Waals surface area contributed by atoms with Gasteiger partial charge in [0.2, 0.25) is 11.7 Å². The average molecular weight is 456 g/mol. The van der Waals surface area contributed by atoms with Crippen LogP contribution in [0.25, 0.3) is 21.7 Å². The van der Waals surface area contributed by atoms with Crippen molar-refractivity contribution in [1.29, 1.82) is 0 Å². The van der Waals surface area contributed by atoms with Crippen molar-refractivity contribution >= 4 is 45.0 Å². The highest BCUT2D eigenvalue weighted by Crippen LogP contribution is 2.39. The number of benzene rings is 1. The summed E-state index contributed by atoms with van der Waals surface area (Å²) in [4.78, 5) is 27.0. The van der Waals surface area contributed by atoms with Crippen LogP contribution in [0.3, 0.4) is 0 Å². The average Bonchev–Trinajstić information content (AvgIpc) is 3.27. The molecule has 0 saturated heterocycles. The zero-order valence-corrected chi connectivity index (χ0v) is 19.0. The van der Waals surface area contributed by atoms with E-state index in [-0.39, 0.29) is 16.9 Å². The molecule has 8 nitrogen and oxygen atoms in total. The highest BCUT2D eigenvalue weighted by molar-refractivity contribution is 7.99. The third kappa shape index (κ3) is 3.35. The minimum Gasteiger partial charge on any atom is -0.370 e. The summed E-state index contributed by atoms with van der Waals surface area (Å²) in [6.45, 7) is 6.50. The zero-order valence-electron chi connectivity index (χ0n) is 17.3. The van der Waals surface area contributed by atoms with Gasteiger partial charge in [-0.15, -0.1) is 21.5 Å². The van der Waals surface area contributed by atoms with Gasteiger partial charge >= 0.3 is 0 Å². The number of nitrogens with zero attached hydrogens (tertiary/aromatic N) is 4. The molecule has 31 heavy (non-hydrogen) atoms. The molecule has 1 aliphatic rings. The maximum absolute atomic E-state index is 13.8. The maximum atomic E-state index is 13.8. The predicted molar refractivity (Wildman–Crippen MR) is 121 cm³/mol. The summed E-state index contributed by atoms with van der Waals surface area (Å²) in [7, 11) is 0. The first-order chi connectivity index (χ1) is 14.7. The third-order valence-electron chi connectivity index (χ3n) is 5.31. The fraction of sp³-hybridized carbons (Fsp3) is 0.333. The second-order valence-corrected chi connectivity index (χ2v) is 10.3. The largest absolute Gasteiger partial charge is 0.370 e. The van der Waals surface area contributed by atoms with Crippen molar-refractivity contribution < 1.29 is 9.53 Å². The number of primary amides is 1. The van der Waals surface area contributed by atoms with Gasteiger partial charge in [-0.25, -0.2) is 8.97 Å². The lowest BCUT2D eigenvalue weighted by Crippen LogP contribution is -2.32. The third-order valence-corrected chi connectivity index (χ3v) is 7.45. The molecule has 1 aromatic carbocycles. The Labute approximate surface area is 186 Å². The summed E-state index contributed by atoms with van der Waals surface area (Å²) in [5.74, 6) is 0.0482. The molecule has 0 radical (unpaired) electrons. The van der Waals surface area contributed by atoms with Crippen LogP contribution >= 0.6 is 23.1 Å². The molecule has 0 aliphatic carbocycles. The monoisotopic (exact) mass is 455 g/mol. The minimum atomic E-state index is -0.439. The normalized spacial score (nSPS) is 15.5. The molecule has 160 valence electrons. The van der Waals surface area contributed by atoms with Crippen molar-refractivity contribution in [2.24, 2.45) is 5.73 Å². The number of rotatable bonds is 4. The summed E-state index contributed by atoms with van der Waals surface area (Å²) in [6, 6.07) is 7.73.